The molecule has 3 atom stereocenters. The van der Waals surface area contributed by atoms with E-state index >= 15 is 0 Å². The number of ether oxygens (including phenoxy) is 2. The second-order valence-electron chi connectivity index (χ2n) is 8.63. The number of fused-ring (bicyclic) bond motifs is 1. The Morgan fingerprint density at radius 2 is 2.00 bits per heavy atom. The van der Waals surface area contributed by atoms with Crippen LogP contribution in [0, 0.1) is 5.92 Å². The summed E-state index contributed by atoms with van der Waals surface area (Å²) in [5.41, 5.74) is 2.01. The molecule has 34 heavy (non-hydrogen) atoms. The first-order valence-electron chi connectivity index (χ1n) is 11.3. The fourth-order valence-corrected chi connectivity index (χ4v) is 5.91. The maximum absolute atomic E-state index is 13.3. The topological polar surface area (TPSA) is 105 Å². The first kappa shape index (κ1) is 23.9. The average molecular weight is 487 g/mol. The SMILES string of the molecule is CCOC1=CC([C@@H](CS(C)(=O)=O)N2C(=O)NC3=C(c4ccccc4O)C=CCC32)CC=C1OC. The van der Waals surface area contributed by atoms with Gasteiger partial charge in [-0.15, -0.1) is 0 Å². The zero-order valence-electron chi connectivity index (χ0n) is 19.5. The largest absolute Gasteiger partial charge is 0.507 e. The summed E-state index contributed by atoms with van der Waals surface area (Å²) in [6.45, 7) is 2.30. The van der Waals surface area contributed by atoms with Crippen molar-refractivity contribution in [2.45, 2.75) is 31.8 Å². The summed E-state index contributed by atoms with van der Waals surface area (Å²) in [6.07, 6.45) is 9.82. The third-order valence-electron chi connectivity index (χ3n) is 6.30. The van der Waals surface area contributed by atoms with Crippen LogP contribution >= 0.6 is 0 Å². The molecular weight excluding hydrogens is 456 g/mol. The van der Waals surface area contributed by atoms with Crippen LogP contribution in [0.15, 0.2) is 65.8 Å². The van der Waals surface area contributed by atoms with Crippen LogP contribution in [0.3, 0.4) is 0 Å². The number of hydrogen-bond donors (Lipinski definition) is 2. The first-order chi connectivity index (χ1) is 16.2. The number of phenols is 1. The monoisotopic (exact) mass is 486 g/mol. The number of allylic oxidation sites excluding steroid dienone is 3. The van der Waals surface area contributed by atoms with E-state index in [1.165, 1.54) is 6.26 Å². The summed E-state index contributed by atoms with van der Waals surface area (Å²) in [7, 11) is -1.85. The summed E-state index contributed by atoms with van der Waals surface area (Å²) in [5, 5.41) is 13.4. The highest BCUT2D eigenvalue weighted by Gasteiger charge is 2.45. The van der Waals surface area contributed by atoms with Gasteiger partial charge in [0, 0.05) is 23.3 Å². The molecule has 8 nitrogen and oxygen atoms in total. The maximum atomic E-state index is 13.3. The molecule has 0 aromatic heterocycles. The molecule has 0 spiro atoms. The number of phenolic OH excluding ortho intramolecular Hbond substituents is 1. The second kappa shape index (κ2) is 9.58. The number of nitrogens with zero attached hydrogens (tertiary/aromatic N) is 1. The molecule has 1 aliphatic heterocycles. The van der Waals surface area contributed by atoms with E-state index < -0.39 is 15.9 Å². The number of sulfone groups is 1. The number of urea groups is 1. The van der Waals surface area contributed by atoms with Crippen molar-refractivity contribution in [3.63, 3.8) is 0 Å². The van der Waals surface area contributed by atoms with E-state index in [1.807, 2.05) is 37.3 Å². The van der Waals surface area contributed by atoms with Crippen molar-refractivity contribution < 1.29 is 27.8 Å². The van der Waals surface area contributed by atoms with Crippen LogP contribution in [0.5, 0.6) is 5.75 Å². The number of aromatic hydroxyl groups is 1. The van der Waals surface area contributed by atoms with Crippen molar-refractivity contribution in [1.29, 1.82) is 0 Å². The van der Waals surface area contributed by atoms with Crippen LogP contribution in [0.25, 0.3) is 5.57 Å². The van der Waals surface area contributed by atoms with Crippen molar-refractivity contribution in [2.24, 2.45) is 5.92 Å². The molecule has 2 amide bonds. The first-order valence-corrected chi connectivity index (χ1v) is 13.3. The molecule has 9 heteroatoms. The van der Waals surface area contributed by atoms with Gasteiger partial charge in [0.05, 0.1) is 37.3 Å². The molecule has 1 aromatic rings. The Morgan fingerprint density at radius 1 is 1.24 bits per heavy atom. The van der Waals surface area contributed by atoms with Gasteiger partial charge in [-0.1, -0.05) is 30.4 Å². The van der Waals surface area contributed by atoms with Gasteiger partial charge in [-0.3, -0.25) is 0 Å². The third kappa shape index (κ3) is 4.70. The molecule has 0 bridgehead atoms. The fraction of sp³-hybridized carbons (Fsp3) is 0.400. The van der Waals surface area contributed by atoms with Crippen LogP contribution in [0.2, 0.25) is 0 Å². The Balaban J connectivity index is 1.75. The van der Waals surface area contributed by atoms with Crippen molar-refractivity contribution in [1.82, 2.24) is 10.2 Å². The summed E-state index contributed by atoms with van der Waals surface area (Å²) in [6, 6.07) is 5.63. The second-order valence-corrected chi connectivity index (χ2v) is 10.8. The number of carbonyl (C=O) groups is 1. The quantitative estimate of drug-likeness (QED) is 0.584. The van der Waals surface area contributed by atoms with Gasteiger partial charge in [0.15, 0.2) is 11.5 Å². The molecule has 182 valence electrons. The Kier molecular flexibility index (Phi) is 6.74. The van der Waals surface area contributed by atoms with Crippen LogP contribution < -0.4 is 5.32 Å². The number of nitrogens with one attached hydrogen (secondary N) is 1. The predicted molar refractivity (Wildman–Crippen MR) is 129 cm³/mol. The van der Waals surface area contributed by atoms with Gasteiger partial charge in [0.1, 0.15) is 15.6 Å². The number of rotatable bonds is 8. The molecule has 0 saturated carbocycles. The zero-order chi connectivity index (χ0) is 24.5. The number of carbonyl (C=O) groups excluding carboxylic acids is 1. The highest BCUT2D eigenvalue weighted by Crippen LogP contribution is 2.39. The van der Waals surface area contributed by atoms with Gasteiger partial charge >= 0.3 is 6.03 Å². The van der Waals surface area contributed by atoms with E-state index in [4.69, 9.17) is 9.47 Å². The molecule has 1 heterocycles. The number of benzene rings is 1. The van der Waals surface area contributed by atoms with Crippen molar-refractivity contribution in [3.05, 3.63) is 71.3 Å². The molecular formula is C25H30N2O6S. The van der Waals surface area contributed by atoms with Crippen LogP contribution in [0.1, 0.15) is 25.3 Å². The van der Waals surface area contributed by atoms with Gasteiger partial charge in [0.2, 0.25) is 0 Å². The molecule has 1 saturated heterocycles. The number of para-hydroxylation sites is 1. The Labute approximate surface area is 200 Å². The summed E-state index contributed by atoms with van der Waals surface area (Å²) in [5.74, 6) is 0.805. The lowest BCUT2D eigenvalue weighted by Gasteiger charge is -2.37. The fourth-order valence-electron chi connectivity index (χ4n) is 4.88. The molecule has 2 N–H and O–H groups in total. The van der Waals surface area contributed by atoms with E-state index in [2.05, 4.69) is 5.32 Å². The van der Waals surface area contributed by atoms with Gasteiger partial charge in [-0.05, 0) is 38.0 Å². The highest BCUT2D eigenvalue weighted by atomic mass is 32.2. The summed E-state index contributed by atoms with van der Waals surface area (Å²) < 4.78 is 36.1. The summed E-state index contributed by atoms with van der Waals surface area (Å²) in [4.78, 5) is 15.0. The molecule has 3 aliphatic rings. The van der Waals surface area contributed by atoms with Crippen LogP contribution in [0.4, 0.5) is 4.79 Å². The van der Waals surface area contributed by atoms with Crippen LogP contribution in [-0.4, -0.2) is 62.3 Å². The number of methoxy groups -OCH3 is 1. The van der Waals surface area contributed by atoms with Gasteiger partial charge in [0.25, 0.3) is 0 Å². The molecule has 2 unspecified atom stereocenters. The minimum absolute atomic E-state index is 0.115. The third-order valence-corrected chi connectivity index (χ3v) is 7.25. The maximum Gasteiger partial charge on any atom is 0.322 e. The minimum Gasteiger partial charge on any atom is -0.507 e. The normalized spacial score (nSPS) is 23.1. The van der Waals surface area contributed by atoms with Gasteiger partial charge < -0.3 is 24.8 Å². The van der Waals surface area contributed by atoms with E-state index in [0.29, 0.717) is 42.2 Å². The summed E-state index contributed by atoms with van der Waals surface area (Å²) >= 11 is 0. The Hall–Kier alpha value is -3.20. The Morgan fingerprint density at radius 3 is 2.68 bits per heavy atom. The lowest BCUT2D eigenvalue weighted by atomic mass is 9.88. The highest BCUT2D eigenvalue weighted by molar-refractivity contribution is 7.90. The van der Waals surface area contributed by atoms with E-state index in [9.17, 15) is 18.3 Å². The minimum atomic E-state index is -3.41. The predicted octanol–water partition coefficient (Wildman–Crippen LogP) is 3.34. The van der Waals surface area contributed by atoms with Crippen LogP contribution in [-0.2, 0) is 19.3 Å². The van der Waals surface area contributed by atoms with E-state index in [1.54, 1.807) is 30.2 Å². The molecule has 2 aliphatic carbocycles. The lowest BCUT2D eigenvalue weighted by molar-refractivity contribution is 0.154. The molecule has 0 radical (unpaired) electrons. The van der Waals surface area contributed by atoms with E-state index in [0.717, 1.165) is 5.57 Å². The van der Waals surface area contributed by atoms with Crippen molar-refractivity contribution in [3.8, 4) is 5.75 Å². The van der Waals surface area contributed by atoms with E-state index in [-0.39, 0.29) is 29.5 Å². The average Bonchev–Trinajstić information content (AvgIpc) is 3.13. The standard InChI is InChI=1S/C25H30N2O6S/c1-4-33-23-14-16(12-13-22(23)32-2)20(15-34(3,30)31)27-19-10-7-9-18(24(19)26-25(27)29)17-8-5-6-11-21(17)28/h5-9,11,13-14,16,19-20,28H,4,10,12,15H2,1-3H3,(H,26,29)/t16?,19?,20-/m1/s1. The van der Waals surface area contributed by atoms with Gasteiger partial charge in [-0.2, -0.15) is 0 Å². The number of hydrogen-bond acceptors (Lipinski definition) is 6. The Bertz CT molecular complexity index is 1200. The smallest absolute Gasteiger partial charge is 0.322 e. The van der Waals surface area contributed by atoms with Crippen molar-refractivity contribution in [2.75, 3.05) is 25.7 Å². The number of amides is 2. The zero-order valence-corrected chi connectivity index (χ0v) is 20.3. The van der Waals surface area contributed by atoms with Gasteiger partial charge in [-0.25, -0.2) is 13.2 Å². The molecule has 1 fully saturated rings. The lowest BCUT2D eigenvalue weighted by Crippen LogP contribution is -2.50. The molecule has 4 rings (SSSR count). The van der Waals surface area contributed by atoms with Crippen molar-refractivity contribution >= 4 is 21.4 Å². The molecule has 1 aromatic carbocycles.